The maximum atomic E-state index is 12.9. The van der Waals surface area contributed by atoms with E-state index in [-0.39, 0.29) is 5.91 Å². The molecule has 8 heteroatoms. The molecule has 2 aromatic carbocycles. The van der Waals surface area contributed by atoms with Crippen LogP contribution in [0.2, 0.25) is 0 Å². The van der Waals surface area contributed by atoms with Gasteiger partial charge in [0, 0.05) is 24.2 Å². The van der Waals surface area contributed by atoms with E-state index in [1.165, 1.54) is 17.8 Å². The number of aryl methyl sites for hydroxylation is 1. The summed E-state index contributed by atoms with van der Waals surface area (Å²) in [5.41, 5.74) is 9.16. The molecule has 1 aliphatic rings. The van der Waals surface area contributed by atoms with Crippen molar-refractivity contribution in [1.29, 1.82) is 0 Å². The fourth-order valence-corrected chi connectivity index (χ4v) is 5.03. The first-order chi connectivity index (χ1) is 15.3. The minimum absolute atomic E-state index is 0.233. The summed E-state index contributed by atoms with van der Waals surface area (Å²) in [5, 5.41) is 12.7. The molecule has 3 aromatic rings. The third-order valence-electron chi connectivity index (χ3n) is 5.75. The fourth-order valence-electron chi connectivity index (χ4n) is 4.27. The maximum absolute atomic E-state index is 12.9. The van der Waals surface area contributed by atoms with Gasteiger partial charge >= 0.3 is 0 Å². The van der Waals surface area contributed by atoms with Crippen LogP contribution in [0.15, 0.2) is 42.5 Å². The van der Waals surface area contributed by atoms with Crippen molar-refractivity contribution in [3.63, 3.8) is 0 Å². The average Bonchev–Trinajstić information content (AvgIpc) is 3.22. The molecule has 1 fully saturated rings. The third-order valence-corrected chi connectivity index (χ3v) is 6.65. The minimum atomic E-state index is -0.466. The van der Waals surface area contributed by atoms with Gasteiger partial charge in [-0.3, -0.25) is 14.9 Å². The monoisotopic (exact) mass is 449 g/mol. The highest BCUT2D eigenvalue weighted by atomic mass is 32.1. The molecule has 2 atom stereocenters. The number of nitrogens with one attached hydrogen (secondary N) is 1. The van der Waals surface area contributed by atoms with Crippen molar-refractivity contribution in [3.05, 3.63) is 59.2 Å². The zero-order valence-electron chi connectivity index (χ0n) is 18.5. The van der Waals surface area contributed by atoms with Gasteiger partial charge in [0.05, 0.1) is 0 Å². The van der Waals surface area contributed by atoms with Crippen LogP contribution in [-0.2, 0) is 0 Å². The average molecular weight is 450 g/mol. The molecular weight excluding hydrogens is 422 g/mol. The molecule has 32 heavy (non-hydrogen) atoms. The molecule has 166 valence electrons. The van der Waals surface area contributed by atoms with Crippen LogP contribution in [0.3, 0.4) is 0 Å². The van der Waals surface area contributed by atoms with E-state index in [0.29, 0.717) is 28.1 Å². The number of carbonyl (C=O) groups excluding carboxylic acids is 2. The molecule has 3 N–H and O–H groups in total. The first kappa shape index (κ1) is 22.0. The fraction of sp³-hybridized carbons (Fsp3) is 0.333. The number of anilines is 2. The van der Waals surface area contributed by atoms with Crippen LogP contribution in [-0.4, -0.2) is 35.1 Å². The smallest absolute Gasteiger partial charge is 0.257 e. The number of benzene rings is 2. The Labute approximate surface area is 191 Å². The summed E-state index contributed by atoms with van der Waals surface area (Å²) in [6, 6.07) is 12.6. The largest absolute Gasteiger partial charge is 0.366 e. The van der Waals surface area contributed by atoms with E-state index in [4.69, 9.17) is 5.73 Å². The predicted molar refractivity (Wildman–Crippen MR) is 128 cm³/mol. The summed E-state index contributed by atoms with van der Waals surface area (Å²) in [6.45, 7) is 8.41. The lowest BCUT2D eigenvalue weighted by atomic mass is 9.92. The highest BCUT2D eigenvalue weighted by Gasteiger charge is 2.24. The van der Waals surface area contributed by atoms with Crippen molar-refractivity contribution in [2.45, 2.75) is 27.2 Å². The Balaban J connectivity index is 1.50. The lowest BCUT2D eigenvalue weighted by Gasteiger charge is -2.34. The molecule has 2 unspecified atom stereocenters. The molecule has 0 aliphatic carbocycles. The Bertz CT molecular complexity index is 1130. The zero-order valence-corrected chi connectivity index (χ0v) is 19.3. The number of rotatable bonds is 5. The van der Waals surface area contributed by atoms with Gasteiger partial charge in [-0.05, 0) is 66.1 Å². The minimum Gasteiger partial charge on any atom is -0.366 e. The van der Waals surface area contributed by atoms with Crippen molar-refractivity contribution < 1.29 is 9.59 Å². The van der Waals surface area contributed by atoms with Crippen molar-refractivity contribution in [3.8, 4) is 11.1 Å². The van der Waals surface area contributed by atoms with Crippen molar-refractivity contribution in [1.82, 2.24) is 10.2 Å². The molecule has 7 nitrogen and oxygen atoms in total. The van der Waals surface area contributed by atoms with Crippen LogP contribution in [0.25, 0.3) is 11.1 Å². The Morgan fingerprint density at radius 1 is 1.03 bits per heavy atom. The summed E-state index contributed by atoms with van der Waals surface area (Å²) >= 11 is 1.40. The van der Waals surface area contributed by atoms with Crippen LogP contribution in [0.4, 0.5) is 10.3 Å². The lowest BCUT2D eigenvalue weighted by Crippen LogP contribution is -2.38. The molecule has 0 bridgehead atoms. The number of nitrogens with two attached hydrogens (primary N) is 1. The first-order valence-corrected chi connectivity index (χ1v) is 11.5. The Kier molecular flexibility index (Phi) is 6.23. The molecule has 0 saturated carbocycles. The van der Waals surface area contributed by atoms with Crippen molar-refractivity contribution in [2.24, 2.45) is 17.6 Å². The van der Waals surface area contributed by atoms with Gasteiger partial charge in [-0.2, -0.15) is 0 Å². The van der Waals surface area contributed by atoms with Gasteiger partial charge in [-0.25, -0.2) is 0 Å². The summed E-state index contributed by atoms with van der Waals surface area (Å²) in [5.74, 6) is 0.529. The zero-order chi connectivity index (χ0) is 22.8. The third kappa shape index (κ3) is 4.80. The number of hydrogen-bond donors (Lipinski definition) is 2. The van der Waals surface area contributed by atoms with Crippen molar-refractivity contribution >= 4 is 33.4 Å². The van der Waals surface area contributed by atoms with Gasteiger partial charge in [0.25, 0.3) is 5.91 Å². The topological polar surface area (TPSA) is 101 Å². The highest BCUT2D eigenvalue weighted by molar-refractivity contribution is 7.19. The second-order valence-corrected chi connectivity index (χ2v) is 9.62. The summed E-state index contributed by atoms with van der Waals surface area (Å²) in [6.07, 6.45) is 1.22. The second kappa shape index (κ2) is 9.08. The molecule has 1 aliphatic heterocycles. The Morgan fingerprint density at radius 3 is 2.34 bits per heavy atom. The van der Waals surface area contributed by atoms with Gasteiger partial charge < -0.3 is 10.6 Å². The number of nitrogens with zero attached hydrogens (tertiary/aromatic N) is 3. The van der Waals surface area contributed by atoms with Gasteiger partial charge in [-0.15, -0.1) is 10.2 Å². The number of piperidine rings is 1. The second-order valence-electron chi connectivity index (χ2n) is 8.67. The maximum Gasteiger partial charge on any atom is 0.257 e. The van der Waals surface area contributed by atoms with E-state index in [0.717, 1.165) is 34.9 Å². The van der Waals surface area contributed by atoms with E-state index < -0.39 is 5.91 Å². The molecule has 2 heterocycles. The van der Waals surface area contributed by atoms with Crippen LogP contribution in [0.5, 0.6) is 0 Å². The predicted octanol–water partition coefficient (Wildman–Crippen LogP) is 4.35. The molecule has 1 saturated heterocycles. The van der Waals surface area contributed by atoms with E-state index in [9.17, 15) is 9.59 Å². The highest BCUT2D eigenvalue weighted by Crippen LogP contribution is 2.31. The van der Waals surface area contributed by atoms with E-state index >= 15 is 0 Å². The van der Waals surface area contributed by atoms with E-state index in [1.54, 1.807) is 18.2 Å². The van der Waals surface area contributed by atoms with Gasteiger partial charge in [0.2, 0.25) is 16.2 Å². The standard InChI is InChI=1S/C24H27N5O2S/c1-14-10-15(2)13-29(12-14)24-28-27-23(32-24)26-22(31)19-5-4-16(3)20(11-19)17-6-8-18(9-7-17)21(25)30/h4-9,11,14-15H,10,12-13H2,1-3H3,(H2,25,30)(H,26,27,31). The van der Waals surface area contributed by atoms with E-state index in [1.807, 2.05) is 31.2 Å². The van der Waals surface area contributed by atoms with E-state index in [2.05, 4.69) is 34.3 Å². The lowest BCUT2D eigenvalue weighted by molar-refractivity contribution is 0.0997. The van der Waals surface area contributed by atoms with Crippen LogP contribution < -0.4 is 16.0 Å². The number of primary amides is 1. The SMILES string of the molecule is Cc1ccc(C(=O)Nc2nnc(N3CC(C)CC(C)C3)s2)cc1-c1ccc(C(N)=O)cc1. The Hall–Kier alpha value is -3.26. The van der Waals surface area contributed by atoms with Gasteiger partial charge in [0.1, 0.15) is 0 Å². The molecule has 2 amide bonds. The number of carbonyl (C=O) groups is 2. The van der Waals surface area contributed by atoms with Crippen LogP contribution in [0, 0.1) is 18.8 Å². The molecular formula is C24H27N5O2S. The molecule has 0 spiro atoms. The normalized spacial score (nSPS) is 18.4. The first-order valence-electron chi connectivity index (χ1n) is 10.7. The molecule has 0 radical (unpaired) electrons. The molecule has 4 rings (SSSR count). The van der Waals surface area contributed by atoms with Crippen LogP contribution >= 0.6 is 11.3 Å². The van der Waals surface area contributed by atoms with Crippen molar-refractivity contribution in [2.75, 3.05) is 23.3 Å². The van der Waals surface area contributed by atoms with Gasteiger partial charge in [-0.1, -0.05) is 43.4 Å². The summed E-state index contributed by atoms with van der Waals surface area (Å²) in [4.78, 5) is 26.5. The quantitative estimate of drug-likeness (QED) is 0.603. The number of hydrogen-bond acceptors (Lipinski definition) is 6. The molecule has 1 aromatic heterocycles. The summed E-state index contributed by atoms with van der Waals surface area (Å²) < 4.78 is 0. The Morgan fingerprint density at radius 2 is 1.69 bits per heavy atom. The van der Waals surface area contributed by atoms with Gasteiger partial charge in [0.15, 0.2) is 0 Å². The number of aromatic nitrogens is 2. The number of amides is 2. The van der Waals surface area contributed by atoms with Crippen LogP contribution in [0.1, 0.15) is 46.5 Å². The summed E-state index contributed by atoms with van der Waals surface area (Å²) in [7, 11) is 0.